The molecule has 0 aliphatic rings. The molecule has 121 valence electrons. The van der Waals surface area contributed by atoms with Gasteiger partial charge in [-0.1, -0.05) is 15.9 Å². The van der Waals surface area contributed by atoms with E-state index in [9.17, 15) is 20.1 Å². The second kappa shape index (κ2) is 11.8. The van der Waals surface area contributed by atoms with E-state index in [-0.39, 0.29) is 166 Å². The molecule has 3 rings (SSSR count). The van der Waals surface area contributed by atoms with Crippen LogP contribution in [0.15, 0.2) is 45.6 Å². The van der Waals surface area contributed by atoms with Crippen molar-refractivity contribution < 1.29 is 152 Å². The molecule has 0 unspecified atom stereocenters. The molecule has 25 heavy (non-hydrogen) atoms. The van der Waals surface area contributed by atoms with Gasteiger partial charge in [-0.25, -0.2) is 4.79 Å². The largest absolute Gasteiger partial charge is 0.508 e. The van der Waals surface area contributed by atoms with E-state index in [1.807, 2.05) is 0 Å². The first kappa shape index (κ1) is 26.9. The number of hydrogen-bond donors (Lipinski definition) is 3. The van der Waals surface area contributed by atoms with E-state index in [4.69, 9.17) is 4.42 Å². The molecule has 3 aromatic rings. The van der Waals surface area contributed by atoms with Gasteiger partial charge in [-0.3, -0.25) is 0 Å². The van der Waals surface area contributed by atoms with Crippen LogP contribution in [0, 0.1) is 132 Å². The molecule has 1 heterocycles. The van der Waals surface area contributed by atoms with Crippen LogP contribution in [-0.4, -0.2) is 15.3 Å². The predicted molar refractivity (Wildman–Crippen MR) is 85.5 cm³/mol. The second-order valence-electron chi connectivity index (χ2n) is 4.76. The van der Waals surface area contributed by atoms with E-state index in [1.165, 1.54) is 24.3 Å². The van der Waals surface area contributed by atoms with Crippen LogP contribution < -0.4 is 5.63 Å². The summed E-state index contributed by atoms with van der Waals surface area (Å²) < 4.78 is 5.25. The normalized spacial score (nSPS) is 9.64. The molecule has 3 N–H and O–H groups in total. The monoisotopic (exact) mass is 1040 g/mol. The fraction of sp³-hybridized carbons (Fsp3) is 0.0625. The summed E-state index contributed by atoms with van der Waals surface area (Å²) in [7, 11) is 0. The van der Waals surface area contributed by atoms with Gasteiger partial charge < -0.3 is 19.7 Å². The number of benzene rings is 2. The summed E-state index contributed by atoms with van der Waals surface area (Å²) in [5, 5.41) is 29.9. The molecule has 0 atom stereocenters. The predicted octanol–water partition coefficient (Wildman–Crippen LogP) is 3.47. The van der Waals surface area contributed by atoms with Gasteiger partial charge in [-0.2, -0.15) is 0 Å². The van der Waals surface area contributed by atoms with Crippen LogP contribution in [-0.2, 0) is 5.33 Å². The molecule has 0 saturated heterocycles. The molecule has 0 spiro atoms. The maximum absolute atomic E-state index is 12.3. The van der Waals surface area contributed by atoms with Crippen LogP contribution >= 0.6 is 15.9 Å². The van der Waals surface area contributed by atoms with Crippen molar-refractivity contribution in [2.24, 2.45) is 0 Å². The molecule has 0 saturated carbocycles. The van der Waals surface area contributed by atoms with Crippen LogP contribution in [0.2, 0.25) is 0 Å². The summed E-state index contributed by atoms with van der Waals surface area (Å²) in [6.07, 6.45) is 0. The van der Waals surface area contributed by atoms with Gasteiger partial charge in [-0.15, -0.1) is 0 Å². The van der Waals surface area contributed by atoms with E-state index in [2.05, 4.69) is 15.9 Å². The molecule has 3 radical (unpaired) electrons. The van der Waals surface area contributed by atoms with Gasteiger partial charge in [0, 0.05) is 161 Å². The topological polar surface area (TPSA) is 90.9 Å². The van der Waals surface area contributed by atoms with Crippen molar-refractivity contribution in [3.63, 3.8) is 0 Å². The minimum atomic E-state index is -0.631. The minimum Gasteiger partial charge on any atom is -0.508 e. The maximum atomic E-state index is 12.3. The van der Waals surface area contributed by atoms with E-state index in [0.29, 0.717) is 16.3 Å². The fourth-order valence-corrected chi connectivity index (χ4v) is 2.98. The quantitative estimate of drug-likeness (QED) is 0.271. The zero-order valence-electron chi connectivity index (χ0n) is 12.9. The third-order valence-electron chi connectivity index (χ3n) is 3.38. The summed E-state index contributed by atoms with van der Waals surface area (Å²) in [5.41, 5.74) is 0.755. The number of alkyl halides is 1. The van der Waals surface area contributed by atoms with Crippen molar-refractivity contribution in [1.82, 2.24) is 0 Å². The molecule has 9 heteroatoms. The first-order valence-corrected chi connectivity index (χ1v) is 7.50. The first-order chi connectivity index (χ1) is 10.5. The third kappa shape index (κ3) is 5.92. The van der Waals surface area contributed by atoms with Gasteiger partial charge in [0.25, 0.3) is 0 Å². The second-order valence-corrected chi connectivity index (χ2v) is 5.32. The van der Waals surface area contributed by atoms with Gasteiger partial charge in [0.05, 0.1) is 5.56 Å². The molecular weight excluding hydrogens is 1030 g/mol. The number of rotatable bonds is 2. The number of phenols is 3. The maximum Gasteiger partial charge on any atom is 0.344 e. The van der Waals surface area contributed by atoms with E-state index >= 15 is 0 Å². The Morgan fingerprint density at radius 1 is 0.920 bits per heavy atom. The fourth-order valence-electron chi connectivity index (χ4n) is 2.40. The van der Waals surface area contributed by atoms with E-state index in [0.717, 1.165) is 6.07 Å². The van der Waals surface area contributed by atoms with Crippen molar-refractivity contribution in [1.29, 1.82) is 0 Å². The zero-order chi connectivity index (χ0) is 15.9. The van der Waals surface area contributed by atoms with Crippen molar-refractivity contribution in [3.8, 4) is 28.4 Å². The Hall–Kier alpha value is 1.85. The molecular formula is C16H11Ac3BrO5. The summed E-state index contributed by atoms with van der Waals surface area (Å²) in [6, 6.07) is 8.50. The zero-order valence-corrected chi connectivity index (χ0v) is 28.8. The van der Waals surface area contributed by atoms with Crippen molar-refractivity contribution >= 4 is 26.9 Å². The molecule has 0 fully saturated rings. The Morgan fingerprint density at radius 2 is 1.52 bits per heavy atom. The average Bonchev–Trinajstić information content (AvgIpc) is 2.46. The Labute approximate surface area is 259 Å². The summed E-state index contributed by atoms with van der Waals surface area (Å²) in [4.78, 5) is 12.3. The van der Waals surface area contributed by atoms with Gasteiger partial charge in [0.1, 0.15) is 22.8 Å². The van der Waals surface area contributed by atoms with Crippen molar-refractivity contribution in [3.05, 3.63) is 52.4 Å². The number of fused-ring (bicyclic) bond motifs is 1. The van der Waals surface area contributed by atoms with Crippen LogP contribution in [0.25, 0.3) is 22.1 Å². The molecule has 1 aromatic heterocycles. The first-order valence-electron chi connectivity index (χ1n) is 6.38. The van der Waals surface area contributed by atoms with E-state index < -0.39 is 5.63 Å². The molecule has 0 aliphatic carbocycles. The summed E-state index contributed by atoms with van der Waals surface area (Å²) in [6.45, 7) is 0. The third-order valence-corrected chi connectivity index (χ3v) is 3.94. The molecule has 0 bridgehead atoms. The van der Waals surface area contributed by atoms with Crippen molar-refractivity contribution in [2.45, 2.75) is 5.33 Å². The minimum absolute atomic E-state index is 0. The Bertz CT molecular complexity index is 943. The summed E-state index contributed by atoms with van der Waals surface area (Å²) in [5.74, 6) is -0.319. The number of hydrogen-bond acceptors (Lipinski definition) is 5. The molecule has 5 nitrogen and oxygen atoms in total. The molecule has 2 aromatic carbocycles. The van der Waals surface area contributed by atoms with Crippen LogP contribution in [0.1, 0.15) is 5.56 Å². The summed E-state index contributed by atoms with van der Waals surface area (Å²) >= 11 is 3.34. The van der Waals surface area contributed by atoms with Crippen LogP contribution in [0.5, 0.6) is 17.2 Å². The van der Waals surface area contributed by atoms with Crippen LogP contribution in [0.3, 0.4) is 0 Å². The molecule has 0 amide bonds. The Balaban J connectivity index is 0.00000192. The van der Waals surface area contributed by atoms with Gasteiger partial charge in [-0.05, 0) is 29.8 Å². The van der Waals surface area contributed by atoms with Gasteiger partial charge in [0.15, 0.2) is 0 Å². The molecule has 0 aliphatic heterocycles. The number of phenolic OH excluding ortho intramolecular Hbond substituents is 3. The standard InChI is InChI=1S/C16H11BrO5.3Ac/c17-7-12-10-3-1-9(19)6-14(10)22-16(21)15(12)11-4-2-8(18)5-13(11)20;;;/h1-6,18-20H,7H2;;;. The number of halogens is 1. The van der Waals surface area contributed by atoms with Crippen molar-refractivity contribution in [2.75, 3.05) is 0 Å². The average molecular weight is 1040 g/mol. The van der Waals surface area contributed by atoms with Gasteiger partial charge in [0.2, 0.25) is 0 Å². The smallest absolute Gasteiger partial charge is 0.344 e. The van der Waals surface area contributed by atoms with E-state index in [1.54, 1.807) is 6.07 Å². The van der Waals surface area contributed by atoms with Gasteiger partial charge >= 0.3 is 5.63 Å². The Kier molecular flexibility index (Phi) is 12.6. The Morgan fingerprint density at radius 3 is 2.12 bits per heavy atom. The number of aromatic hydroxyl groups is 3. The van der Waals surface area contributed by atoms with Crippen LogP contribution in [0.4, 0.5) is 0 Å². The SMILES string of the molecule is O=c1oc2cc(O)ccc2c(CBr)c1-c1ccc(O)cc1O.[Ac].[Ac].[Ac].